The fraction of sp³-hybridized carbons (Fsp3) is 0.944. The first-order chi connectivity index (χ1) is 11.0. The van der Waals surface area contributed by atoms with Crippen molar-refractivity contribution in [3.05, 3.63) is 0 Å². The van der Waals surface area contributed by atoms with Crippen LogP contribution in [0, 0.1) is 11.8 Å². The van der Waals surface area contributed by atoms with Gasteiger partial charge in [-0.05, 0) is 45.1 Å². The van der Waals surface area contributed by atoms with Gasteiger partial charge in [0.2, 0.25) is 0 Å². The summed E-state index contributed by atoms with van der Waals surface area (Å²) in [6.45, 7) is 15.1. The molecule has 2 rings (SSSR count). The number of likely N-dealkylation sites (tertiary alicyclic amines) is 1. The number of thioether (sulfide) groups is 1. The number of nitrogens with one attached hydrogen (secondary N) is 1. The van der Waals surface area contributed by atoms with E-state index in [1.54, 1.807) is 0 Å². The molecule has 1 N–H and O–H groups in total. The molecule has 0 aromatic carbocycles. The van der Waals surface area contributed by atoms with Gasteiger partial charge in [0.15, 0.2) is 5.96 Å². The lowest BCUT2D eigenvalue weighted by Crippen LogP contribution is -2.51. The van der Waals surface area contributed by atoms with E-state index in [0.717, 1.165) is 42.7 Å². The van der Waals surface area contributed by atoms with E-state index in [1.165, 1.54) is 31.7 Å². The van der Waals surface area contributed by atoms with E-state index in [2.05, 4.69) is 59.6 Å². The first kappa shape index (κ1) is 18.9. The summed E-state index contributed by atoms with van der Waals surface area (Å²) in [4.78, 5) is 9.63. The van der Waals surface area contributed by atoms with Crippen LogP contribution in [0.1, 0.15) is 40.5 Å². The number of rotatable bonds is 4. The third kappa shape index (κ3) is 5.56. The first-order valence-electron chi connectivity index (χ1n) is 9.32. The Morgan fingerprint density at radius 3 is 2.65 bits per heavy atom. The van der Waals surface area contributed by atoms with Gasteiger partial charge in [-0.3, -0.25) is 4.99 Å². The Morgan fingerprint density at radius 1 is 1.22 bits per heavy atom. The van der Waals surface area contributed by atoms with Crippen molar-refractivity contribution in [2.24, 2.45) is 16.8 Å². The monoisotopic (exact) mass is 340 g/mol. The van der Waals surface area contributed by atoms with E-state index in [4.69, 9.17) is 0 Å². The molecule has 0 amide bonds. The summed E-state index contributed by atoms with van der Waals surface area (Å²) in [5.41, 5.74) is 0. The van der Waals surface area contributed by atoms with Gasteiger partial charge in [0.05, 0.1) is 0 Å². The van der Waals surface area contributed by atoms with Crippen LogP contribution in [-0.4, -0.2) is 72.6 Å². The van der Waals surface area contributed by atoms with Crippen molar-refractivity contribution in [2.45, 2.75) is 51.8 Å². The van der Waals surface area contributed by atoms with Crippen molar-refractivity contribution in [1.82, 2.24) is 15.1 Å². The molecule has 2 aliphatic rings. The largest absolute Gasteiger partial charge is 0.356 e. The highest BCUT2D eigenvalue weighted by molar-refractivity contribution is 8.00. The number of aliphatic imine (C=N–C) groups is 1. The van der Waals surface area contributed by atoms with Crippen molar-refractivity contribution in [3.8, 4) is 0 Å². The van der Waals surface area contributed by atoms with Gasteiger partial charge in [-0.1, -0.05) is 13.8 Å². The van der Waals surface area contributed by atoms with Crippen molar-refractivity contribution in [2.75, 3.05) is 45.5 Å². The van der Waals surface area contributed by atoms with E-state index in [-0.39, 0.29) is 0 Å². The summed E-state index contributed by atoms with van der Waals surface area (Å²) in [5, 5.41) is 4.40. The van der Waals surface area contributed by atoms with Crippen LogP contribution >= 0.6 is 11.8 Å². The predicted molar refractivity (Wildman–Crippen MR) is 103 cm³/mol. The van der Waals surface area contributed by atoms with Crippen molar-refractivity contribution in [3.63, 3.8) is 0 Å². The van der Waals surface area contributed by atoms with Gasteiger partial charge in [0, 0.05) is 50.3 Å². The maximum atomic E-state index is 4.55. The first-order valence-corrected chi connectivity index (χ1v) is 10.4. The average Bonchev–Trinajstić information content (AvgIpc) is 2.56. The molecule has 0 aromatic rings. The normalized spacial score (nSPS) is 27.8. The maximum absolute atomic E-state index is 4.55. The van der Waals surface area contributed by atoms with Gasteiger partial charge in [0.1, 0.15) is 0 Å². The topological polar surface area (TPSA) is 30.9 Å². The lowest BCUT2D eigenvalue weighted by Gasteiger charge is -2.38. The number of guanidine groups is 1. The summed E-state index contributed by atoms with van der Waals surface area (Å²) in [5.74, 6) is 3.81. The van der Waals surface area contributed by atoms with Crippen molar-refractivity contribution >= 4 is 17.7 Å². The van der Waals surface area contributed by atoms with Gasteiger partial charge >= 0.3 is 0 Å². The van der Waals surface area contributed by atoms with Crippen LogP contribution in [0.25, 0.3) is 0 Å². The SMILES string of the molecule is CN=C(NCC1CCCN(C(C)C)C1)N1CCSC(C(C)C)C1. The molecule has 2 saturated heterocycles. The summed E-state index contributed by atoms with van der Waals surface area (Å²) >= 11 is 2.12. The highest BCUT2D eigenvalue weighted by Gasteiger charge is 2.26. The summed E-state index contributed by atoms with van der Waals surface area (Å²) in [6.07, 6.45) is 2.68. The fourth-order valence-electron chi connectivity index (χ4n) is 3.57. The zero-order valence-corrected chi connectivity index (χ0v) is 16.5. The number of piperidine rings is 1. The van der Waals surface area contributed by atoms with Crippen LogP contribution in [0.2, 0.25) is 0 Å². The molecule has 2 fully saturated rings. The molecule has 2 aliphatic heterocycles. The van der Waals surface area contributed by atoms with E-state index in [9.17, 15) is 0 Å². The Labute approximate surface area is 147 Å². The highest BCUT2D eigenvalue weighted by atomic mass is 32.2. The molecule has 5 heteroatoms. The minimum Gasteiger partial charge on any atom is -0.356 e. The maximum Gasteiger partial charge on any atom is 0.193 e. The molecule has 0 bridgehead atoms. The zero-order chi connectivity index (χ0) is 16.8. The molecular formula is C18H36N4S. The van der Waals surface area contributed by atoms with E-state index >= 15 is 0 Å². The molecule has 2 unspecified atom stereocenters. The lowest BCUT2D eigenvalue weighted by atomic mass is 9.97. The molecule has 0 aromatic heterocycles. The average molecular weight is 341 g/mol. The summed E-state index contributed by atoms with van der Waals surface area (Å²) in [6, 6.07) is 0.669. The minimum absolute atomic E-state index is 0.669. The molecule has 134 valence electrons. The van der Waals surface area contributed by atoms with Gasteiger partial charge < -0.3 is 15.1 Å². The van der Waals surface area contributed by atoms with E-state index in [0.29, 0.717) is 6.04 Å². The second kappa shape index (κ2) is 9.16. The Kier molecular flexibility index (Phi) is 7.54. The third-order valence-electron chi connectivity index (χ3n) is 5.18. The molecule has 2 atom stereocenters. The minimum atomic E-state index is 0.669. The molecule has 4 nitrogen and oxygen atoms in total. The summed E-state index contributed by atoms with van der Waals surface area (Å²) < 4.78 is 0. The standard InChI is InChI=1S/C18H36N4S/c1-14(2)17-13-22(9-10-23-17)18(19-5)20-11-16-7-6-8-21(12-16)15(3)4/h14-17H,6-13H2,1-5H3,(H,19,20). The second-order valence-electron chi connectivity index (χ2n) is 7.62. The number of hydrogen-bond acceptors (Lipinski definition) is 3. The van der Waals surface area contributed by atoms with Crippen LogP contribution in [0.5, 0.6) is 0 Å². The quantitative estimate of drug-likeness (QED) is 0.630. The van der Waals surface area contributed by atoms with Gasteiger partial charge in [-0.2, -0.15) is 11.8 Å². The van der Waals surface area contributed by atoms with Gasteiger partial charge in [0.25, 0.3) is 0 Å². The Bertz CT molecular complexity index is 383. The van der Waals surface area contributed by atoms with E-state index < -0.39 is 0 Å². The van der Waals surface area contributed by atoms with Crippen LogP contribution in [0.4, 0.5) is 0 Å². The summed E-state index contributed by atoms with van der Waals surface area (Å²) in [7, 11) is 1.93. The van der Waals surface area contributed by atoms with Crippen LogP contribution < -0.4 is 5.32 Å². The van der Waals surface area contributed by atoms with Crippen LogP contribution in [0.15, 0.2) is 4.99 Å². The predicted octanol–water partition coefficient (Wildman–Crippen LogP) is 2.76. The van der Waals surface area contributed by atoms with Crippen LogP contribution in [-0.2, 0) is 0 Å². The van der Waals surface area contributed by atoms with Gasteiger partial charge in [-0.15, -0.1) is 0 Å². The Morgan fingerprint density at radius 2 is 2.00 bits per heavy atom. The Balaban J connectivity index is 1.83. The third-order valence-corrected chi connectivity index (χ3v) is 6.72. The van der Waals surface area contributed by atoms with Crippen LogP contribution in [0.3, 0.4) is 0 Å². The molecule has 2 heterocycles. The zero-order valence-electron chi connectivity index (χ0n) is 15.7. The molecular weight excluding hydrogens is 304 g/mol. The van der Waals surface area contributed by atoms with Gasteiger partial charge in [-0.25, -0.2) is 0 Å². The smallest absolute Gasteiger partial charge is 0.193 e. The van der Waals surface area contributed by atoms with E-state index in [1.807, 2.05) is 7.05 Å². The second-order valence-corrected chi connectivity index (χ2v) is 8.97. The molecule has 0 saturated carbocycles. The molecule has 0 spiro atoms. The van der Waals surface area contributed by atoms with Crippen molar-refractivity contribution < 1.29 is 0 Å². The fourth-order valence-corrected chi connectivity index (χ4v) is 4.87. The lowest BCUT2D eigenvalue weighted by molar-refractivity contribution is 0.140. The van der Waals surface area contributed by atoms with Crippen molar-refractivity contribution in [1.29, 1.82) is 0 Å². The molecule has 23 heavy (non-hydrogen) atoms. The number of hydrogen-bond donors (Lipinski definition) is 1. The molecule has 0 aliphatic carbocycles. The molecule has 0 radical (unpaired) electrons. The number of nitrogens with zero attached hydrogens (tertiary/aromatic N) is 3. The highest BCUT2D eigenvalue weighted by Crippen LogP contribution is 2.25. The Hall–Kier alpha value is -0.420.